The van der Waals surface area contributed by atoms with Crippen LogP contribution in [0.4, 0.5) is 0 Å². The van der Waals surface area contributed by atoms with Crippen molar-refractivity contribution >= 4 is 5.91 Å². The van der Waals surface area contributed by atoms with Gasteiger partial charge < -0.3 is 4.90 Å². The standard InChI is InChI=1S/C9H16N2O/c1-2-5-11-7-10-6-3-4-8(10)9(11)12/h8H,2-7H2,1H3. The van der Waals surface area contributed by atoms with Gasteiger partial charge in [0.15, 0.2) is 0 Å². The molecule has 2 saturated heterocycles. The molecule has 0 aromatic heterocycles. The molecule has 1 atom stereocenters. The number of amides is 1. The van der Waals surface area contributed by atoms with Crippen molar-refractivity contribution in [3.63, 3.8) is 0 Å². The number of fused-ring (bicyclic) bond motifs is 1. The average Bonchev–Trinajstić information content (AvgIpc) is 2.58. The second-order valence-electron chi connectivity index (χ2n) is 3.71. The molecule has 2 heterocycles. The first-order valence-corrected chi connectivity index (χ1v) is 4.85. The molecule has 2 rings (SSSR count). The third kappa shape index (κ3) is 1.12. The van der Waals surface area contributed by atoms with E-state index in [0.717, 1.165) is 32.6 Å². The van der Waals surface area contributed by atoms with Crippen molar-refractivity contribution in [1.82, 2.24) is 9.80 Å². The van der Waals surface area contributed by atoms with Crippen LogP contribution in [-0.2, 0) is 4.79 Å². The molecule has 12 heavy (non-hydrogen) atoms. The third-order valence-electron chi connectivity index (χ3n) is 2.81. The first kappa shape index (κ1) is 8.05. The Morgan fingerprint density at radius 3 is 3.08 bits per heavy atom. The van der Waals surface area contributed by atoms with Gasteiger partial charge in [0.25, 0.3) is 0 Å². The molecule has 0 aliphatic carbocycles. The molecule has 0 radical (unpaired) electrons. The van der Waals surface area contributed by atoms with Gasteiger partial charge in [-0.15, -0.1) is 0 Å². The van der Waals surface area contributed by atoms with E-state index in [-0.39, 0.29) is 6.04 Å². The summed E-state index contributed by atoms with van der Waals surface area (Å²) in [7, 11) is 0. The Morgan fingerprint density at radius 1 is 1.58 bits per heavy atom. The number of carbonyl (C=O) groups is 1. The second-order valence-corrected chi connectivity index (χ2v) is 3.71. The monoisotopic (exact) mass is 168 g/mol. The SMILES string of the molecule is CCCN1CN2CCCC2C1=O. The van der Waals surface area contributed by atoms with E-state index in [9.17, 15) is 4.79 Å². The largest absolute Gasteiger partial charge is 0.328 e. The predicted octanol–water partition coefficient (Wildman–Crippen LogP) is 0.660. The minimum Gasteiger partial charge on any atom is -0.328 e. The van der Waals surface area contributed by atoms with E-state index in [1.807, 2.05) is 4.90 Å². The highest BCUT2D eigenvalue weighted by molar-refractivity contribution is 5.84. The van der Waals surface area contributed by atoms with Gasteiger partial charge in [-0.05, 0) is 19.3 Å². The Kier molecular flexibility index (Phi) is 2.05. The number of rotatable bonds is 2. The Hall–Kier alpha value is -0.570. The molecule has 1 unspecified atom stereocenters. The van der Waals surface area contributed by atoms with Crippen molar-refractivity contribution in [2.24, 2.45) is 0 Å². The summed E-state index contributed by atoms with van der Waals surface area (Å²) in [5, 5.41) is 0. The summed E-state index contributed by atoms with van der Waals surface area (Å²) < 4.78 is 0. The average molecular weight is 168 g/mol. The minimum atomic E-state index is 0.247. The lowest BCUT2D eigenvalue weighted by atomic mass is 10.2. The van der Waals surface area contributed by atoms with Crippen LogP contribution >= 0.6 is 0 Å². The highest BCUT2D eigenvalue weighted by atomic mass is 16.2. The third-order valence-corrected chi connectivity index (χ3v) is 2.81. The molecule has 2 aliphatic rings. The van der Waals surface area contributed by atoms with Crippen molar-refractivity contribution < 1.29 is 4.79 Å². The molecule has 68 valence electrons. The number of hydrogen-bond donors (Lipinski definition) is 0. The molecule has 2 fully saturated rings. The Bertz CT molecular complexity index is 193. The highest BCUT2D eigenvalue weighted by Gasteiger charge is 2.40. The second kappa shape index (κ2) is 3.05. The summed E-state index contributed by atoms with van der Waals surface area (Å²) in [6, 6.07) is 0.247. The van der Waals surface area contributed by atoms with Crippen molar-refractivity contribution in [3.8, 4) is 0 Å². The molecular formula is C9H16N2O. The normalized spacial score (nSPS) is 29.9. The Labute approximate surface area is 73.3 Å². The number of nitrogens with zero attached hydrogens (tertiary/aromatic N) is 2. The van der Waals surface area contributed by atoms with Crippen LogP contribution in [0.15, 0.2) is 0 Å². The fraction of sp³-hybridized carbons (Fsp3) is 0.889. The molecule has 0 bridgehead atoms. The van der Waals surface area contributed by atoms with Gasteiger partial charge in [0.2, 0.25) is 5.91 Å². The lowest BCUT2D eigenvalue weighted by molar-refractivity contribution is -0.129. The lowest BCUT2D eigenvalue weighted by Crippen LogP contribution is -2.29. The van der Waals surface area contributed by atoms with E-state index in [1.54, 1.807) is 0 Å². The van der Waals surface area contributed by atoms with Crippen LogP contribution in [0.25, 0.3) is 0 Å². The molecule has 0 saturated carbocycles. The van der Waals surface area contributed by atoms with Crippen LogP contribution in [0.5, 0.6) is 0 Å². The fourth-order valence-electron chi connectivity index (χ4n) is 2.23. The molecule has 3 heteroatoms. The molecule has 0 aromatic rings. The van der Waals surface area contributed by atoms with Gasteiger partial charge in [-0.25, -0.2) is 0 Å². The van der Waals surface area contributed by atoms with Crippen LogP contribution in [0, 0.1) is 0 Å². The number of carbonyl (C=O) groups excluding carboxylic acids is 1. The van der Waals surface area contributed by atoms with Gasteiger partial charge in [-0.2, -0.15) is 0 Å². The summed E-state index contributed by atoms with van der Waals surface area (Å²) in [5.74, 6) is 0.370. The Morgan fingerprint density at radius 2 is 2.42 bits per heavy atom. The van der Waals surface area contributed by atoms with E-state index in [1.165, 1.54) is 6.42 Å². The van der Waals surface area contributed by atoms with E-state index in [4.69, 9.17) is 0 Å². The fourth-order valence-corrected chi connectivity index (χ4v) is 2.23. The molecule has 0 aromatic carbocycles. The zero-order valence-electron chi connectivity index (χ0n) is 7.62. The van der Waals surface area contributed by atoms with Crippen molar-refractivity contribution in [2.75, 3.05) is 19.8 Å². The smallest absolute Gasteiger partial charge is 0.241 e. The maximum absolute atomic E-state index is 11.7. The van der Waals surface area contributed by atoms with E-state index in [0.29, 0.717) is 5.91 Å². The minimum absolute atomic E-state index is 0.247. The zero-order valence-corrected chi connectivity index (χ0v) is 7.62. The van der Waals surface area contributed by atoms with Crippen LogP contribution < -0.4 is 0 Å². The molecule has 1 amide bonds. The van der Waals surface area contributed by atoms with Gasteiger partial charge in [-0.1, -0.05) is 6.92 Å². The van der Waals surface area contributed by atoms with E-state index < -0.39 is 0 Å². The van der Waals surface area contributed by atoms with E-state index >= 15 is 0 Å². The van der Waals surface area contributed by atoms with Gasteiger partial charge in [0.1, 0.15) is 0 Å². The topological polar surface area (TPSA) is 23.6 Å². The van der Waals surface area contributed by atoms with Crippen molar-refractivity contribution in [1.29, 1.82) is 0 Å². The van der Waals surface area contributed by atoms with Crippen molar-refractivity contribution in [3.05, 3.63) is 0 Å². The molecule has 3 nitrogen and oxygen atoms in total. The van der Waals surface area contributed by atoms with Crippen LogP contribution in [0.2, 0.25) is 0 Å². The first-order valence-electron chi connectivity index (χ1n) is 4.85. The van der Waals surface area contributed by atoms with Gasteiger partial charge in [-0.3, -0.25) is 9.69 Å². The maximum Gasteiger partial charge on any atom is 0.241 e. The summed E-state index contributed by atoms with van der Waals surface area (Å²) in [5.41, 5.74) is 0. The van der Waals surface area contributed by atoms with Gasteiger partial charge >= 0.3 is 0 Å². The summed E-state index contributed by atoms with van der Waals surface area (Å²) in [6.07, 6.45) is 3.36. The van der Waals surface area contributed by atoms with Crippen LogP contribution in [-0.4, -0.2) is 41.5 Å². The summed E-state index contributed by atoms with van der Waals surface area (Å²) in [4.78, 5) is 16.0. The number of hydrogen-bond acceptors (Lipinski definition) is 2. The van der Waals surface area contributed by atoms with Crippen molar-refractivity contribution in [2.45, 2.75) is 32.2 Å². The quantitative estimate of drug-likeness (QED) is 0.604. The van der Waals surface area contributed by atoms with Crippen LogP contribution in [0.1, 0.15) is 26.2 Å². The Balaban J connectivity index is 2.01. The predicted molar refractivity (Wildman–Crippen MR) is 46.6 cm³/mol. The zero-order chi connectivity index (χ0) is 8.55. The lowest BCUT2D eigenvalue weighted by Gasteiger charge is -2.15. The maximum atomic E-state index is 11.7. The molecule has 2 aliphatic heterocycles. The van der Waals surface area contributed by atoms with E-state index in [2.05, 4.69) is 11.8 Å². The van der Waals surface area contributed by atoms with Gasteiger partial charge in [0, 0.05) is 13.1 Å². The first-order chi connectivity index (χ1) is 5.83. The van der Waals surface area contributed by atoms with Gasteiger partial charge in [0.05, 0.1) is 12.7 Å². The van der Waals surface area contributed by atoms with Crippen LogP contribution in [0.3, 0.4) is 0 Å². The summed E-state index contributed by atoms with van der Waals surface area (Å²) >= 11 is 0. The molecule has 0 N–H and O–H groups in total. The highest BCUT2D eigenvalue weighted by Crippen LogP contribution is 2.25. The molecule has 0 spiro atoms. The molecular weight excluding hydrogens is 152 g/mol. The summed E-state index contributed by atoms with van der Waals surface area (Å²) in [6.45, 7) is 5.07.